The molecule has 0 aromatic carbocycles. The minimum Gasteiger partial charge on any atom is -0.351 e. The molecule has 0 radical (unpaired) electrons. The molecule has 2 atom stereocenters. The van der Waals surface area contributed by atoms with Gasteiger partial charge >= 0.3 is 0 Å². The number of thioether (sulfide) groups is 1. The van der Waals surface area contributed by atoms with E-state index in [1.165, 1.54) is 0 Å². The number of rotatable bonds is 6. The van der Waals surface area contributed by atoms with Crippen molar-refractivity contribution >= 4 is 17.7 Å². The highest BCUT2D eigenvalue weighted by Crippen LogP contribution is 2.37. The fourth-order valence-electron chi connectivity index (χ4n) is 2.00. The first kappa shape index (κ1) is 13.8. The number of carbonyl (C=O) groups excluding carboxylic acids is 1. The summed E-state index contributed by atoms with van der Waals surface area (Å²) in [6, 6.07) is 0.158. The largest absolute Gasteiger partial charge is 0.351 e. The minimum absolute atomic E-state index is 0.158. The average Bonchev–Trinajstić information content (AvgIpc) is 2.72. The molecule has 1 amide bonds. The predicted molar refractivity (Wildman–Crippen MR) is 70.6 cm³/mol. The Morgan fingerprint density at radius 3 is 2.88 bits per heavy atom. The zero-order chi connectivity index (χ0) is 12.0. The summed E-state index contributed by atoms with van der Waals surface area (Å²) in [4.78, 5) is 12.1. The number of carbonyl (C=O) groups is 1. The fourth-order valence-corrected chi connectivity index (χ4v) is 3.21. The molecule has 16 heavy (non-hydrogen) atoms. The Balaban J connectivity index is 2.41. The molecule has 0 aromatic heterocycles. The van der Waals surface area contributed by atoms with E-state index in [0.29, 0.717) is 6.54 Å². The van der Waals surface area contributed by atoms with Crippen LogP contribution in [0.4, 0.5) is 0 Å². The molecular weight excluding hydrogens is 220 g/mol. The van der Waals surface area contributed by atoms with E-state index in [0.717, 1.165) is 37.9 Å². The maximum atomic E-state index is 12.1. The third-order valence-corrected chi connectivity index (χ3v) is 4.74. The Morgan fingerprint density at radius 2 is 2.38 bits per heavy atom. The first-order valence-electron chi connectivity index (χ1n) is 6.27. The van der Waals surface area contributed by atoms with Crippen molar-refractivity contribution in [1.29, 1.82) is 0 Å². The molecule has 1 rings (SSSR count). The molecule has 0 bridgehead atoms. The topological polar surface area (TPSA) is 55.1 Å². The summed E-state index contributed by atoms with van der Waals surface area (Å²) < 4.78 is -0.209. The Kier molecular flexibility index (Phi) is 5.62. The van der Waals surface area contributed by atoms with Crippen LogP contribution in [0.5, 0.6) is 0 Å². The highest BCUT2D eigenvalue weighted by Gasteiger charge is 2.37. The molecule has 94 valence electrons. The average molecular weight is 244 g/mol. The number of hydrogen-bond donors (Lipinski definition) is 2. The van der Waals surface area contributed by atoms with E-state index in [9.17, 15) is 4.79 Å². The third kappa shape index (κ3) is 3.67. The van der Waals surface area contributed by atoms with Crippen molar-refractivity contribution < 1.29 is 4.79 Å². The normalized spacial score (nSPS) is 26.7. The van der Waals surface area contributed by atoms with E-state index in [1.807, 2.05) is 6.92 Å². The van der Waals surface area contributed by atoms with Gasteiger partial charge in [-0.15, -0.1) is 11.8 Å². The van der Waals surface area contributed by atoms with Crippen molar-refractivity contribution in [3.05, 3.63) is 0 Å². The fraction of sp³-hybridized carbons (Fsp3) is 0.917. The lowest BCUT2D eigenvalue weighted by Crippen LogP contribution is -2.48. The summed E-state index contributed by atoms with van der Waals surface area (Å²) in [6.07, 6.45) is 5.43. The van der Waals surface area contributed by atoms with E-state index in [2.05, 4.69) is 12.2 Å². The van der Waals surface area contributed by atoms with Crippen LogP contribution in [0.3, 0.4) is 0 Å². The number of nitrogens with two attached hydrogens (primary N) is 1. The first-order valence-corrected chi connectivity index (χ1v) is 7.26. The van der Waals surface area contributed by atoms with E-state index in [-0.39, 0.29) is 16.7 Å². The van der Waals surface area contributed by atoms with Crippen LogP contribution < -0.4 is 11.1 Å². The summed E-state index contributed by atoms with van der Waals surface area (Å²) >= 11 is 1.78. The van der Waals surface area contributed by atoms with Crippen molar-refractivity contribution in [2.45, 2.75) is 56.7 Å². The van der Waals surface area contributed by atoms with Gasteiger partial charge in [-0.2, -0.15) is 0 Å². The van der Waals surface area contributed by atoms with Crippen LogP contribution in [-0.2, 0) is 4.79 Å². The van der Waals surface area contributed by atoms with Gasteiger partial charge in [0.05, 0.1) is 4.75 Å². The van der Waals surface area contributed by atoms with Crippen molar-refractivity contribution in [3.8, 4) is 0 Å². The molecule has 0 aromatic rings. The van der Waals surface area contributed by atoms with Gasteiger partial charge in [-0.1, -0.05) is 19.8 Å². The van der Waals surface area contributed by atoms with Gasteiger partial charge in [0.2, 0.25) is 5.91 Å². The molecule has 1 heterocycles. The molecule has 3 N–H and O–H groups in total. The van der Waals surface area contributed by atoms with Gasteiger partial charge < -0.3 is 11.1 Å². The monoisotopic (exact) mass is 244 g/mol. The summed E-state index contributed by atoms with van der Waals surface area (Å²) in [6.45, 7) is 4.75. The summed E-state index contributed by atoms with van der Waals surface area (Å²) in [5, 5.41) is 3.10. The zero-order valence-electron chi connectivity index (χ0n) is 10.4. The Labute approximate surface area is 103 Å². The lowest BCUT2D eigenvalue weighted by molar-refractivity contribution is -0.123. The summed E-state index contributed by atoms with van der Waals surface area (Å²) in [7, 11) is 0. The van der Waals surface area contributed by atoms with Crippen molar-refractivity contribution in [2.24, 2.45) is 5.73 Å². The third-order valence-electron chi connectivity index (χ3n) is 3.22. The highest BCUT2D eigenvalue weighted by atomic mass is 32.2. The quantitative estimate of drug-likeness (QED) is 0.750. The second-order valence-corrected chi connectivity index (χ2v) is 6.33. The van der Waals surface area contributed by atoms with Gasteiger partial charge in [-0.25, -0.2) is 0 Å². The van der Waals surface area contributed by atoms with E-state index in [4.69, 9.17) is 5.73 Å². The molecule has 0 aliphatic carbocycles. The number of hydrogen-bond acceptors (Lipinski definition) is 3. The van der Waals surface area contributed by atoms with Crippen LogP contribution in [0.15, 0.2) is 0 Å². The smallest absolute Gasteiger partial charge is 0.236 e. The molecule has 4 heteroatoms. The molecule has 1 fully saturated rings. The van der Waals surface area contributed by atoms with Crippen molar-refractivity contribution in [2.75, 3.05) is 12.3 Å². The molecule has 1 aliphatic heterocycles. The first-order chi connectivity index (χ1) is 7.62. The Morgan fingerprint density at radius 1 is 1.62 bits per heavy atom. The van der Waals surface area contributed by atoms with Gasteiger partial charge in [0.25, 0.3) is 0 Å². The number of amides is 1. The molecule has 0 spiro atoms. The zero-order valence-corrected chi connectivity index (χ0v) is 11.2. The standard InChI is InChI=1S/C12H24N2OS/c1-3-4-6-10(9-13)14-11(15)12(2)7-5-8-16-12/h10H,3-9,13H2,1-2H3,(H,14,15). The molecule has 0 saturated carbocycles. The van der Waals surface area contributed by atoms with Crippen molar-refractivity contribution in [1.82, 2.24) is 5.32 Å². The SMILES string of the molecule is CCCCC(CN)NC(=O)C1(C)CCCS1. The number of unbranched alkanes of at least 4 members (excludes halogenated alkanes) is 1. The minimum atomic E-state index is -0.209. The molecule has 2 unspecified atom stereocenters. The van der Waals surface area contributed by atoms with Gasteiger partial charge in [0.15, 0.2) is 0 Å². The van der Waals surface area contributed by atoms with Gasteiger partial charge in [-0.3, -0.25) is 4.79 Å². The van der Waals surface area contributed by atoms with Crippen LogP contribution >= 0.6 is 11.8 Å². The van der Waals surface area contributed by atoms with E-state index < -0.39 is 0 Å². The molecular formula is C12H24N2OS. The van der Waals surface area contributed by atoms with Gasteiger partial charge in [-0.05, 0) is 31.9 Å². The predicted octanol–water partition coefficient (Wildman–Crippen LogP) is 1.91. The maximum Gasteiger partial charge on any atom is 0.236 e. The molecule has 1 saturated heterocycles. The summed E-state index contributed by atoms with van der Waals surface area (Å²) in [5.74, 6) is 1.29. The lowest BCUT2D eigenvalue weighted by atomic mass is 10.0. The van der Waals surface area contributed by atoms with Crippen LogP contribution in [0.1, 0.15) is 46.0 Å². The Hall–Kier alpha value is -0.220. The molecule has 3 nitrogen and oxygen atoms in total. The van der Waals surface area contributed by atoms with Gasteiger partial charge in [0, 0.05) is 12.6 Å². The van der Waals surface area contributed by atoms with E-state index >= 15 is 0 Å². The summed E-state index contributed by atoms with van der Waals surface area (Å²) in [5.41, 5.74) is 5.68. The van der Waals surface area contributed by atoms with Gasteiger partial charge in [0.1, 0.15) is 0 Å². The van der Waals surface area contributed by atoms with Crippen molar-refractivity contribution in [3.63, 3.8) is 0 Å². The van der Waals surface area contributed by atoms with Crippen LogP contribution in [0.2, 0.25) is 0 Å². The second kappa shape index (κ2) is 6.50. The van der Waals surface area contributed by atoms with E-state index in [1.54, 1.807) is 11.8 Å². The maximum absolute atomic E-state index is 12.1. The Bertz CT molecular complexity index is 227. The van der Waals surface area contributed by atoms with Crippen LogP contribution in [0, 0.1) is 0 Å². The molecule has 1 aliphatic rings. The number of nitrogens with one attached hydrogen (secondary N) is 1. The van der Waals surface area contributed by atoms with Crippen LogP contribution in [-0.4, -0.2) is 29.0 Å². The lowest BCUT2D eigenvalue weighted by Gasteiger charge is -2.25. The highest BCUT2D eigenvalue weighted by molar-refractivity contribution is 8.01. The van der Waals surface area contributed by atoms with Crippen LogP contribution in [0.25, 0.3) is 0 Å². The second-order valence-electron chi connectivity index (χ2n) is 4.73.